The molecule has 4 aromatic rings. The van der Waals surface area contributed by atoms with Crippen LogP contribution in [-0.2, 0) is 16.1 Å². The summed E-state index contributed by atoms with van der Waals surface area (Å²) in [5.41, 5.74) is 6.63. The van der Waals surface area contributed by atoms with Crippen molar-refractivity contribution in [1.29, 1.82) is 0 Å². The lowest BCUT2D eigenvalue weighted by atomic mass is 9.98. The number of amides is 4. The summed E-state index contributed by atoms with van der Waals surface area (Å²) in [5, 5.41) is 12.2. The largest absolute Gasteiger partial charge is 0.487 e. The van der Waals surface area contributed by atoms with Gasteiger partial charge in [-0.2, -0.15) is 11.8 Å². The number of rotatable bonds is 12. The topological polar surface area (TPSA) is 118 Å². The first-order valence-corrected chi connectivity index (χ1v) is 17.5. The fourth-order valence-corrected chi connectivity index (χ4v) is 8.34. The number of anilines is 2. The Hall–Kier alpha value is -4.96. The van der Waals surface area contributed by atoms with Crippen LogP contribution in [-0.4, -0.2) is 47.7 Å². The Morgan fingerprint density at radius 2 is 1.56 bits per heavy atom. The minimum atomic E-state index is -0.567. The molecule has 0 saturated carbocycles. The van der Waals surface area contributed by atoms with Gasteiger partial charge in [0.05, 0.1) is 17.8 Å². The summed E-state index contributed by atoms with van der Waals surface area (Å²) >= 11 is 1.88. The molecule has 2 aliphatic heterocycles. The number of fused-ring (bicyclic) bond motifs is 4. The maximum Gasteiger partial charge on any atom is 0.411 e. The van der Waals surface area contributed by atoms with Crippen molar-refractivity contribution in [2.45, 2.75) is 55.5 Å². The number of nitrogens with one attached hydrogen (secondary N) is 4. The summed E-state index contributed by atoms with van der Waals surface area (Å²) in [6.45, 7) is 0.502. The maximum atomic E-state index is 13.0. The van der Waals surface area contributed by atoms with E-state index in [1.807, 2.05) is 66.4 Å². The zero-order valence-corrected chi connectivity index (χ0v) is 27.3. The molecule has 1 aliphatic carbocycles. The lowest BCUT2D eigenvalue weighted by Gasteiger charge is -2.17. The molecule has 0 aromatic heterocycles. The van der Waals surface area contributed by atoms with Crippen molar-refractivity contribution in [2.24, 2.45) is 0 Å². The molecule has 10 heteroatoms. The zero-order chi connectivity index (χ0) is 32.9. The lowest BCUT2D eigenvalue weighted by molar-refractivity contribution is -0.116. The third-order valence-electron chi connectivity index (χ3n) is 9.16. The van der Waals surface area contributed by atoms with Crippen LogP contribution in [0.2, 0.25) is 0 Å². The van der Waals surface area contributed by atoms with Crippen molar-refractivity contribution in [3.8, 4) is 16.9 Å². The number of ether oxygens (including phenoxy) is 2. The summed E-state index contributed by atoms with van der Waals surface area (Å²) in [7, 11) is 0. The monoisotopic (exact) mass is 662 g/mol. The molecule has 4 amide bonds. The van der Waals surface area contributed by atoms with Crippen LogP contribution < -0.4 is 26.0 Å². The molecule has 2 saturated heterocycles. The van der Waals surface area contributed by atoms with E-state index in [-0.39, 0.29) is 36.5 Å². The van der Waals surface area contributed by atoms with E-state index in [0.717, 1.165) is 41.7 Å². The fraction of sp³-hybridized carbons (Fsp3) is 0.289. The van der Waals surface area contributed by atoms with Crippen LogP contribution in [0.5, 0.6) is 5.75 Å². The molecule has 2 fully saturated rings. The number of hydrogen-bond donors (Lipinski definition) is 4. The number of unbranched alkanes of at least 4 members (excludes halogenated alkanes) is 1. The van der Waals surface area contributed by atoms with Crippen LogP contribution in [0.15, 0.2) is 97.1 Å². The van der Waals surface area contributed by atoms with Gasteiger partial charge >= 0.3 is 12.1 Å². The number of hydrogen-bond acceptors (Lipinski definition) is 6. The van der Waals surface area contributed by atoms with Gasteiger partial charge in [0.2, 0.25) is 5.91 Å². The van der Waals surface area contributed by atoms with E-state index in [9.17, 15) is 14.4 Å². The van der Waals surface area contributed by atoms with Gasteiger partial charge in [-0.05, 0) is 52.8 Å². The quantitative estimate of drug-likeness (QED) is 0.0935. The molecule has 7 rings (SSSR count). The Morgan fingerprint density at radius 1 is 0.833 bits per heavy atom. The smallest absolute Gasteiger partial charge is 0.411 e. The first kappa shape index (κ1) is 31.6. The van der Waals surface area contributed by atoms with Crippen molar-refractivity contribution < 1.29 is 23.9 Å². The molecule has 3 atom stereocenters. The minimum Gasteiger partial charge on any atom is -0.487 e. The summed E-state index contributed by atoms with van der Waals surface area (Å²) in [5.74, 6) is 1.22. The van der Waals surface area contributed by atoms with Crippen molar-refractivity contribution in [3.05, 3.63) is 114 Å². The fourth-order valence-electron chi connectivity index (χ4n) is 6.80. The number of thioether (sulfide) groups is 1. The second-order valence-electron chi connectivity index (χ2n) is 12.4. The standard InChI is InChI=1S/C38H38N4O5S/c43-35(17-9-8-16-34-36-32(23-48-34)41-37(44)42-36)40-31-19-18-25(20-33(31)46-21-24-10-2-1-3-11-24)39-38(45)47-22-30-28-14-6-4-12-26(28)27-13-5-7-15-29(27)30/h1-7,10-15,18-20,30,32,34,36H,8-9,16-17,21-23H2,(H,39,45)(H,40,43)(H2,41,42,44)/t32-,34+,36-/m1/s1. The van der Waals surface area contributed by atoms with E-state index in [0.29, 0.717) is 35.4 Å². The molecule has 0 spiro atoms. The number of carbonyl (C=O) groups is 3. The van der Waals surface area contributed by atoms with E-state index in [1.54, 1.807) is 18.2 Å². The third-order valence-corrected chi connectivity index (χ3v) is 10.7. The van der Waals surface area contributed by atoms with Gasteiger partial charge in [-0.25, -0.2) is 9.59 Å². The van der Waals surface area contributed by atoms with E-state index in [1.165, 1.54) is 11.1 Å². The predicted octanol–water partition coefficient (Wildman–Crippen LogP) is 7.29. The van der Waals surface area contributed by atoms with Gasteiger partial charge < -0.3 is 25.4 Å². The normalized spacial score (nSPS) is 19.0. The van der Waals surface area contributed by atoms with Gasteiger partial charge in [0.25, 0.3) is 0 Å². The summed E-state index contributed by atoms with van der Waals surface area (Å²) in [4.78, 5) is 37.6. The molecule has 9 nitrogen and oxygen atoms in total. The zero-order valence-electron chi connectivity index (χ0n) is 26.4. The summed E-state index contributed by atoms with van der Waals surface area (Å²) in [6.07, 6.45) is 2.38. The SMILES string of the molecule is O=C(CCCC[C@@H]1SC[C@H]2NC(=O)N[C@@H]12)Nc1ccc(NC(=O)OCC2c3ccccc3-c3ccccc32)cc1OCc1ccccc1. The highest BCUT2D eigenvalue weighted by atomic mass is 32.2. The molecule has 246 valence electrons. The van der Waals surface area contributed by atoms with Gasteiger partial charge in [0.1, 0.15) is 19.0 Å². The Bertz CT molecular complexity index is 1760. The van der Waals surface area contributed by atoms with E-state index in [4.69, 9.17) is 9.47 Å². The predicted molar refractivity (Wildman–Crippen MR) is 188 cm³/mol. The molecule has 3 aliphatic rings. The highest BCUT2D eigenvalue weighted by Gasteiger charge is 2.42. The lowest BCUT2D eigenvalue weighted by Crippen LogP contribution is -2.36. The van der Waals surface area contributed by atoms with Gasteiger partial charge in [-0.15, -0.1) is 0 Å². The van der Waals surface area contributed by atoms with Crippen LogP contribution in [0, 0.1) is 0 Å². The number of urea groups is 1. The van der Waals surface area contributed by atoms with Gasteiger partial charge in [0.15, 0.2) is 0 Å². The van der Waals surface area contributed by atoms with E-state index >= 15 is 0 Å². The molecule has 0 radical (unpaired) electrons. The maximum absolute atomic E-state index is 13.0. The molecule has 0 unspecified atom stereocenters. The highest BCUT2D eigenvalue weighted by Crippen LogP contribution is 2.44. The van der Waals surface area contributed by atoms with Gasteiger partial charge in [-0.1, -0.05) is 85.3 Å². The van der Waals surface area contributed by atoms with Gasteiger partial charge in [-0.3, -0.25) is 10.1 Å². The molecule has 2 heterocycles. The average Bonchev–Trinajstić information content (AvgIpc) is 3.76. The van der Waals surface area contributed by atoms with Crippen LogP contribution in [0.3, 0.4) is 0 Å². The number of carbonyl (C=O) groups excluding carboxylic acids is 3. The highest BCUT2D eigenvalue weighted by molar-refractivity contribution is 8.00. The van der Waals surface area contributed by atoms with Crippen LogP contribution in [0.4, 0.5) is 21.0 Å². The summed E-state index contributed by atoms with van der Waals surface area (Å²) < 4.78 is 11.9. The summed E-state index contributed by atoms with van der Waals surface area (Å²) in [6, 6.07) is 31.7. The number of benzene rings is 4. The van der Waals surface area contributed by atoms with E-state index < -0.39 is 6.09 Å². The first-order chi connectivity index (χ1) is 23.5. The van der Waals surface area contributed by atoms with E-state index in [2.05, 4.69) is 45.5 Å². The second kappa shape index (κ2) is 14.4. The second-order valence-corrected chi connectivity index (χ2v) is 13.6. The van der Waals surface area contributed by atoms with Crippen molar-refractivity contribution >= 4 is 41.2 Å². The van der Waals surface area contributed by atoms with Crippen LogP contribution >= 0.6 is 11.8 Å². The molecule has 0 bridgehead atoms. The minimum absolute atomic E-state index is 0.0417. The molecule has 48 heavy (non-hydrogen) atoms. The molecular formula is C38H38N4O5S. The van der Waals surface area contributed by atoms with Crippen LogP contribution in [0.25, 0.3) is 11.1 Å². The van der Waals surface area contributed by atoms with Crippen LogP contribution in [0.1, 0.15) is 48.3 Å². The van der Waals surface area contributed by atoms with Crippen molar-refractivity contribution in [3.63, 3.8) is 0 Å². The van der Waals surface area contributed by atoms with Crippen molar-refractivity contribution in [2.75, 3.05) is 23.0 Å². The Labute approximate surface area is 284 Å². The van der Waals surface area contributed by atoms with Gasteiger partial charge in [0, 0.05) is 35.1 Å². The molecule has 4 N–H and O–H groups in total. The van der Waals surface area contributed by atoms with Crippen molar-refractivity contribution in [1.82, 2.24) is 10.6 Å². The average molecular weight is 663 g/mol. The Kier molecular flexibility index (Phi) is 9.51. The Morgan fingerprint density at radius 3 is 2.33 bits per heavy atom. The first-order valence-electron chi connectivity index (χ1n) is 16.4. The molecular weight excluding hydrogens is 625 g/mol. The Balaban J connectivity index is 0.958. The molecule has 4 aromatic carbocycles. The third kappa shape index (κ3) is 7.13.